The minimum absolute atomic E-state index is 0.154. The first kappa shape index (κ1) is 27.6. The number of nitrogens with zero attached hydrogens (tertiary/aromatic N) is 2. The van der Waals surface area contributed by atoms with E-state index in [-0.39, 0.29) is 5.91 Å². The predicted molar refractivity (Wildman–Crippen MR) is 142 cm³/mol. The van der Waals surface area contributed by atoms with E-state index in [0.29, 0.717) is 10.7 Å². The number of rotatable bonds is 6. The molecule has 0 unspecified atom stereocenters. The van der Waals surface area contributed by atoms with Crippen molar-refractivity contribution in [2.45, 2.75) is 92.4 Å². The van der Waals surface area contributed by atoms with Gasteiger partial charge in [-0.2, -0.15) is 0 Å². The van der Waals surface area contributed by atoms with E-state index < -0.39 is 0 Å². The molecule has 33 heavy (non-hydrogen) atoms. The third kappa shape index (κ3) is 10.0. The van der Waals surface area contributed by atoms with Crippen LogP contribution in [0.3, 0.4) is 0 Å². The van der Waals surface area contributed by atoms with Crippen molar-refractivity contribution in [3.8, 4) is 0 Å². The Balaban J connectivity index is 0.000000321. The topological polar surface area (TPSA) is 44.7 Å². The van der Waals surface area contributed by atoms with Crippen LogP contribution >= 0.6 is 11.6 Å². The van der Waals surface area contributed by atoms with Crippen molar-refractivity contribution in [1.29, 1.82) is 0 Å². The highest BCUT2D eigenvalue weighted by molar-refractivity contribution is 6.34. The third-order valence-electron chi connectivity index (χ3n) is 6.38. The summed E-state index contributed by atoms with van der Waals surface area (Å²) in [6, 6.07) is 7.53. The SMILES string of the molecule is CC(=NC(C(=O)NN1CCCCC1)=C(C)C)c1ccccc1Cl.CC(C)CC1CCCCC1. The number of nitrogens with one attached hydrogen (secondary N) is 1. The van der Waals surface area contributed by atoms with E-state index in [0.717, 1.165) is 54.6 Å². The number of carbonyl (C=O) groups is 1. The molecular weight excluding hydrogens is 430 g/mol. The lowest BCUT2D eigenvalue weighted by Gasteiger charge is -2.27. The van der Waals surface area contributed by atoms with Crippen LogP contribution in [0.15, 0.2) is 40.5 Å². The summed E-state index contributed by atoms with van der Waals surface area (Å²) in [7, 11) is 0. The van der Waals surface area contributed by atoms with Gasteiger partial charge in [0.25, 0.3) is 5.91 Å². The van der Waals surface area contributed by atoms with Gasteiger partial charge in [-0.15, -0.1) is 0 Å². The number of allylic oxidation sites excluding steroid dienone is 1. The average Bonchev–Trinajstić information content (AvgIpc) is 2.78. The van der Waals surface area contributed by atoms with E-state index in [1.807, 2.05) is 50.0 Å². The molecule has 0 atom stereocenters. The summed E-state index contributed by atoms with van der Waals surface area (Å²) in [5, 5.41) is 2.62. The van der Waals surface area contributed by atoms with Gasteiger partial charge in [0.1, 0.15) is 5.70 Å². The van der Waals surface area contributed by atoms with Crippen molar-refractivity contribution in [3.63, 3.8) is 0 Å². The second kappa shape index (κ2) is 14.6. The lowest BCUT2D eigenvalue weighted by molar-refractivity contribution is -0.122. The Bertz CT molecular complexity index is 799. The number of aliphatic imine (C=N–C) groups is 1. The molecule has 184 valence electrons. The molecule has 5 heteroatoms. The predicted octanol–water partition coefficient (Wildman–Crippen LogP) is 7.57. The minimum atomic E-state index is -0.154. The fraction of sp³-hybridized carbons (Fsp3) is 0.643. The summed E-state index contributed by atoms with van der Waals surface area (Å²) in [6.45, 7) is 12.1. The Labute approximate surface area is 206 Å². The van der Waals surface area contributed by atoms with Crippen molar-refractivity contribution in [1.82, 2.24) is 10.4 Å². The molecule has 0 aromatic heterocycles. The van der Waals surface area contributed by atoms with Crippen molar-refractivity contribution in [2.75, 3.05) is 13.1 Å². The van der Waals surface area contributed by atoms with Gasteiger partial charge in [0, 0.05) is 29.4 Å². The van der Waals surface area contributed by atoms with Crippen LogP contribution in [0, 0.1) is 11.8 Å². The molecule has 1 aromatic carbocycles. The molecule has 1 saturated carbocycles. The second-order valence-corrected chi connectivity index (χ2v) is 10.6. The molecule has 3 rings (SSSR count). The standard InChI is InChI=1S/C18H24ClN3O.C10H20/c1-13(2)17(18(23)21-22-11-7-4-8-12-22)20-14(3)15-9-5-6-10-16(15)19;1-9(2)8-10-6-4-3-5-7-10/h5-6,9-10H,4,7-8,11-12H2,1-3H3,(H,21,23);9-10H,3-8H2,1-2H3. The number of halogens is 1. The molecule has 2 fully saturated rings. The Morgan fingerprint density at radius 2 is 1.64 bits per heavy atom. The van der Waals surface area contributed by atoms with Gasteiger partial charge in [0.15, 0.2) is 0 Å². The van der Waals surface area contributed by atoms with Crippen LogP contribution in [-0.4, -0.2) is 29.7 Å². The van der Waals surface area contributed by atoms with Gasteiger partial charge in [-0.3, -0.25) is 10.2 Å². The maximum Gasteiger partial charge on any atom is 0.284 e. The van der Waals surface area contributed by atoms with Gasteiger partial charge in [-0.1, -0.05) is 82.2 Å². The smallest absolute Gasteiger partial charge is 0.283 e. The summed E-state index contributed by atoms with van der Waals surface area (Å²) >= 11 is 6.21. The number of piperidine rings is 1. The van der Waals surface area contributed by atoms with E-state index in [1.54, 1.807) is 0 Å². The molecule has 0 spiro atoms. The van der Waals surface area contributed by atoms with Crippen molar-refractivity contribution < 1.29 is 4.79 Å². The summed E-state index contributed by atoms with van der Waals surface area (Å²) in [5.74, 6) is 1.84. The summed E-state index contributed by atoms with van der Waals surface area (Å²) in [6.07, 6.45) is 12.4. The van der Waals surface area contributed by atoms with Crippen molar-refractivity contribution in [3.05, 3.63) is 46.1 Å². The lowest BCUT2D eigenvalue weighted by atomic mass is 9.84. The van der Waals surface area contributed by atoms with Gasteiger partial charge in [0.05, 0.1) is 0 Å². The van der Waals surface area contributed by atoms with Crippen LogP contribution in [0.1, 0.15) is 98.0 Å². The van der Waals surface area contributed by atoms with Crippen LogP contribution in [0.2, 0.25) is 5.02 Å². The van der Waals surface area contributed by atoms with Gasteiger partial charge >= 0.3 is 0 Å². The number of amides is 1. The van der Waals surface area contributed by atoms with E-state index in [2.05, 4.69) is 24.3 Å². The molecular formula is C28H44ClN3O. The minimum Gasteiger partial charge on any atom is -0.283 e. The van der Waals surface area contributed by atoms with Crippen LogP contribution in [0.5, 0.6) is 0 Å². The molecule has 1 saturated heterocycles. The quantitative estimate of drug-likeness (QED) is 0.342. The molecule has 2 aliphatic rings. The Kier molecular flexibility index (Phi) is 12.2. The first-order valence-electron chi connectivity index (χ1n) is 12.8. The number of hydrogen-bond donors (Lipinski definition) is 1. The van der Waals surface area contributed by atoms with E-state index >= 15 is 0 Å². The third-order valence-corrected chi connectivity index (χ3v) is 6.71. The average molecular weight is 474 g/mol. The van der Waals surface area contributed by atoms with E-state index in [9.17, 15) is 4.79 Å². The molecule has 1 N–H and O–H groups in total. The maximum absolute atomic E-state index is 12.6. The molecule has 1 heterocycles. The number of hydrazine groups is 1. The molecule has 4 nitrogen and oxygen atoms in total. The molecule has 0 radical (unpaired) electrons. The fourth-order valence-corrected chi connectivity index (χ4v) is 4.94. The summed E-state index contributed by atoms with van der Waals surface area (Å²) < 4.78 is 0. The number of benzene rings is 1. The fourth-order valence-electron chi connectivity index (χ4n) is 4.66. The number of carbonyl (C=O) groups excluding carboxylic acids is 1. The Morgan fingerprint density at radius 1 is 1.03 bits per heavy atom. The highest BCUT2D eigenvalue weighted by Crippen LogP contribution is 2.28. The zero-order valence-corrected chi connectivity index (χ0v) is 22.2. The van der Waals surface area contributed by atoms with Crippen molar-refractivity contribution >= 4 is 23.2 Å². The first-order chi connectivity index (χ1) is 15.8. The molecule has 1 aliphatic carbocycles. The highest BCUT2D eigenvalue weighted by Gasteiger charge is 2.17. The van der Waals surface area contributed by atoms with Crippen LogP contribution < -0.4 is 5.43 Å². The molecule has 0 bridgehead atoms. The molecule has 1 aliphatic heterocycles. The largest absolute Gasteiger partial charge is 0.284 e. The first-order valence-corrected chi connectivity index (χ1v) is 13.2. The number of hydrogen-bond acceptors (Lipinski definition) is 3. The zero-order chi connectivity index (χ0) is 24.2. The zero-order valence-electron chi connectivity index (χ0n) is 21.4. The van der Waals surface area contributed by atoms with Crippen LogP contribution in [0.25, 0.3) is 0 Å². The Morgan fingerprint density at radius 3 is 2.21 bits per heavy atom. The lowest BCUT2D eigenvalue weighted by Crippen LogP contribution is -2.45. The van der Waals surface area contributed by atoms with Crippen LogP contribution in [-0.2, 0) is 4.79 Å². The van der Waals surface area contributed by atoms with Crippen molar-refractivity contribution in [2.24, 2.45) is 16.8 Å². The molecule has 1 aromatic rings. The monoisotopic (exact) mass is 473 g/mol. The van der Waals surface area contributed by atoms with Gasteiger partial charge in [-0.25, -0.2) is 10.0 Å². The van der Waals surface area contributed by atoms with Gasteiger partial charge < -0.3 is 0 Å². The van der Waals surface area contributed by atoms with Crippen LogP contribution in [0.4, 0.5) is 0 Å². The second-order valence-electron chi connectivity index (χ2n) is 10.1. The Hall–Kier alpha value is -1.65. The maximum atomic E-state index is 12.6. The molecule has 1 amide bonds. The highest BCUT2D eigenvalue weighted by atomic mass is 35.5. The summed E-state index contributed by atoms with van der Waals surface area (Å²) in [5.41, 5.74) is 5.88. The van der Waals surface area contributed by atoms with E-state index in [1.165, 1.54) is 44.9 Å². The van der Waals surface area contributed by atoms with Gasteiger partial charge in [0.2, 0.25) is 0 Å². The van der Waals surface area contributed by atoms with E-state index in [4.69, 9.17) is 11.6 Å². The summed E-state index contributed by atoms with van der Waals surface area (Å²) in [4.78, 5) is 17.1. The van der Waals surface area contributed by atoms with Gasteiger partial charge in [-0.05, 0) is 63.5 Å². The normalized spacial score (nSPS) is 17.8.